The summed E-state index contributed by atoms with van der Waals surface area (Å²) in [4.78, 5) is 36.9. The van der Waals surface area contributed by atoms with Gasteiger partial charge in [-0.05, 0) is 49.7 Å². The fraction of sp³-hybridized carbons (Fsp3) is 0.500. The molecule has 1 aromatic rings. The summed E-state index contributed by atoms with van der Waals surface area (Å²) in [5.41, 5.74) is 3.02. The minimum Gasteiger partial charge on any atom is -0.481 e. The van der Waals surface area contributed by atoms with Crippen LogP contribution in [0, 0.1) is 17.3 Å². The normalized spacial score (nSPS) is 23.5. The summed E-state index contributed by atoms with van der Waals surface area (Å²) in [6.07, 6.45) is 3.89. The van der Waals surface area contributed by atoms with Crippen LogP contribution in [0.15, 0.2) is 35.4 Å². The quantitative estimate of drug-likeness (QED) is 0.603. The molecule has 0 unspecified atom stereocenters. The van der Waals surface area contributed by atoms with Crippen LogP contribution in [0.3, 0.4) is 0 Å². The Bertz CT molecular complexity index is 839. The van der Waals surface area contributed by atoms with Crippen LogP contribution in [-0.4, -0.2) is 30.1 Å². The van der Waals surface area contributed by atoms with Crippen molar-refractivity contribution in [3.05, 3.63) is 41.0 Å². The number of carbonyl (C=O) groups excluding carboxylic acids is 2. The number of carbonyl (C=O) groups is 3. The SMILES string of the molecule is COC(=O)c1ccccc1NC(=O)[C@H]1CC2=C(CCCC2(C)C)C[C@@H]1C(=O)O. The molecule has 1 aromatic carbocycles. The van der Waals surface area contributed by atoms with Gasteiger partial charge in [-0.3, -0.25) is 9.59 Å². The predicted molar refractivity (Wildman–Crippen MR) is 105 cm³/mol. The molecular weight excluding hydrogens is 358 g/mol. The van der Waals surface area contributed by atoms with E-state index >= 15 is 0 Å². The topological polar surface area (TPSA) is 92.7 Å². The van der Waals surface area contributed by atoms with Crippen molar-refractivity contribution in [1.29, 1.82) is 0 Å². The molecule has 0 saturated heterocycles. The lowest BCUT2D eigenvalue weighted by Crippen LogP contribution is -2.40. The van der Waals surface area contributed by atoms with Gasteiger partial charge in [0.05, 0.1) is 30.2 Å². The lowest BCUT2D eigenvalue weighted by Gasteiger charge is -2.42. The maximum absolute atomic E-state index is 13.1. The Morgan fingerprint density at radius 2 is 1.86 bits per heavy atom. The van der Waals surface area contributed by atoms with E-state index in [9.17, 15) is 19.5 Å². The Hall–Kier alpha value is -2.63. The minimum absolute atomic E-state index is 0.0144. The van der Waals surface area contributed by atoms with E-state index in [1.54, 1.807) is 24.3 Å². The monoisotopic (exact) mass is 385 g/mol. The number of amides is 1. The van der Waals surface area contributed by atoms with Crippen LogP contribution >= 0.6 is 0 Å². The van der Waals surface area contributed by atoms with Crippen molar-refractivity contribution in [3.8, 4) is 0 Å². The van der Waals surface area contributed by atoms with Gasteiger partial charge < -0.3 is 15.2 Å². The predicted octanol–water partition coefficient (Wildman–Crippen LogP) is 4.03. The average Bonchev–Trinajstić information content (AvgIpc) is 2.66. The van der Waals surface area contributed by atoms with Crippen LogP contribution < -0.4 is 5.32 Å². The van der Waals surface area contributed by atoms with E-state index in [1.165, 1.54) is 18.3 Å². The molecule has 2 N–H and O–H groups in total. The zero-order chi connectivity index (χ0) is 20.5. The van der Waals surface area contributed by atoms with E-state index in [1.807, 2.05) is 0 Å². The molecule has 150 valence electrons. The molecule has 0 fully saturated rings. The van der Waals surface area contributed by atoms with Crippen LogP contribution in [0.25, 0.3) is 0 Å². The first kappa shape index (κ1) is 20.1. The number of rotatable bonds is 4. The average molecular weight is 385 g/mol. The number of hydrogen-bond donors (Lipinski definition) is 2. The Labute approximate surface area is 165 Å². The van der Waals surface area contributed by atoms with Crippen molar-refractivity contribution >= 4 is 23.5 Å². The van der Waals surface area contributed by atoms with Gasteiger partial charge in [-0.2, -0.15) is 0 Å². The number of benzene rings is 1. The Morgan fingerprint density at radius 1 is 1.14 bits per heavy atom. The highest BCUT2D eigenvalue weighted by Crippen LogP contribution is 2.49. The second kappa shape index (κ2) is 7.78. The van der Waals surface area contributed by atoms with Gasteiger partial charge in [0.25, 0.3) is 0 Å². The standard InChI is InChI=1S/C22H27NO5/c1-22(2)10-6-7-13-11-16(20(25)26)15(12-17(13)22)19(24)23-18-9-5-4-8-14(18)21(27)28-3/h4-5,8-9,15-16H,6-7,10-12H2,1-3H3,(H,23,24)(H,25,26)/t15-,16-/m0/s1. The number of nitrogens with one attached hydrogen (secondary N) is 1. The Kier molecular flexibility index (Phi) is 5.59. The van der Waals surface area contributed by atoms with E-state index in [2.05, 4.69) is 19.2 Å². The first-order valence-electron chi connectivity index (χ1n) is 9.67. The second-order valence-electron chi connectivity index (χ2n) is 8.31. The van der Waals surface area contributed by atoms with Crippen LogP contribution in [0.1, 0.15) is 56.3 Å². The summed E-state index contributed by atoms with van der Waals surface area (Å²) in [6.45, 7) is 4.34. The molecule has 0 bridgehead atoms. The number of carboxylic acids is 1. The van der Waals surface area contributed by atoms with Gasteiger partial charge in [0, 0.05) is 0 Å². The summed E-state index contributed by atoms with van der Waals surface area (Å²) in [5.74, 6) is -3.28. The van der Waals surface area contributed by atoms with E-state index in [0.717, 1.165) is 19.3 Å². The molecule has 1 amide bonds. The molecular formula is C22H27NO5. The zero-order valence-corrected chi connectivity index (χ0v) is 16.6. The molecule has 2 aliphatic carbocycles. The van der Waals surface area contributed by atoms with E-state index in [0.29, 0.717) is 18.5 Å². The van der Waals surface area contributed by atoms with Gasteiger partial charge in [-0.15, -0.1) is 0 Å². The van der Waals surface area contributed by atoms with Crippen LogP contribution in [-0.2, 0) is 14.3 Å². The van der Waals surface area contributed by atoms with Crippen molar-refractivity contribution in [2.75, 3.05) is 12.4 Å². The molecule has 2 aliphatic rings. The van der Waals surface area contributed by atoms with Crippen molar-refractivity contribution in [2.24, 2.45) is 17.3 Å². The zero-order valence-electron chi connectivity index (χ0n) is 16.6. The molecule has 0 aromatic heterocycles. The molecule has 0 aliphatic heterocycles. The maximum atomic E-state index is 13.1. The first-order chi connectivity index (χ1) is 13.2. The summed E-state index contributed by atoms with van der Waals surface area (Å²) < 4.78 is 4.77. The third kappa shape index (κ3) is 3.81. The van der Waals surface area contributed by atoms with Crippen LogP contribution in [0.2, 0.25) is 0 Å². The number of methoxy groups -OCH3 is 1. The van der Waals surface area contributed by atoms with E-state index < -0.39 is 23.8 Å². The lowest BCUT2D eigenvalue weighted by atomic mass is 9.63. The number of hydrogen-bond acceptors (Lipinski definition) is 4. The number of anilines is 1. The first-order valence-corrected chi connectivity index (χ1v) is 9.67. The van der Waals surface area contributed by atoms with Crippen molar-refractivity contribution < 1.29 is 24.2 Å². The number of allylic oxidation sites excluding steroid dienone is 2. The minimum atomic E-state index is -0.948. The number of esters is 1. The van der Waals surface area contributed by atoms with Gasteiger partial charge in [-0.25, -0.2) is 4.79 Å². The molecule has 0 spiro atoms. The largest absolute Gasteiger partial charge is 0.481 e. The third-order valence-corrected chi connectivity index (χ3v) is 6.14. The number of ether oxygens (including phenoxy) is 1. The Balaban J connectivity index is 1.89. The smallest absolute Gasteiger partial charge is 0.339 e. The summed E-state index contributed by atoms with van der Waals surface area (Å²) >= 11 is 0. The lowest BCUT2D eigenvalue weighted by molar-refractivity contribution is -0.146. The fourth-order valence-electron chi connectivity index (χ4n) is 4.58. The van der Waals surface area contributed by atoms with Crippen LogP contribution in [0.4, 0.5) is 5.69 Å². The van der Waals surface area contributed by atoms with Crippen molar-refractivity contribution in [1.82, 2.24) is 0 Å². The molecule has 0 saturated carbocycles. The second-order valence-corrected chi connectivity index (χ2v) is 8.31. The van der Waals surface area contributed by atoms with Gasteiger partial charge >= 0.3 is 11.9 Å². The van der Waals surface area contributed by atoms with Gasteiger partial charge in [0.1, 0.15) is 0 Å². The maximum Gasteiger partial charge on any atom is 0.339 e. The Morgan fingerprint density at radius 3 is 2.54 bits per heavy atom. The molecule has 0 radical (unpaired) electrons. The number of para-hydroxylation sites is 1. The highest BCUT2D eigenvalue weighted by atomic mass is 16.5. The summed E-state index contributed by atoms with van der Waals surface area (Å²) in [7, 11) is 1.28. The van der Waals surface area contributed by atoms with Gasteiger partial charge in [-0.1, -0.05) is 37.1 Å². The van der Waals surface area contributed by atoms with Crippen LogP contribution in [0.5, 0.6) is 0 Å². The summed E-state index contributed by atoms with van der Waals surface area (Å²) in [6, 6.07) is 6.59. The number of carboxylic acid groups (broad SMARTS) is 1. The fourth-order valence-corrected chi connectivity index (χ4v) is 4.58. The molecule has 0 heterocycles. The molecule has 6 nitrogen and oxygen atoms in total. The highest BCUT2D eigenvalue weighted by molar-refractivity contribution is 6.02. The van der Waals surface area contributed by atoms with Gasteiger partial charge in [0.15, 0.2) is 0 Å². The van der Waals surface area contributed by atoms with Crippen molar-refractivity contribution in [2.45, 2.75) is 46.0 Å². The molecule has 28 heavy (non-hydrogen) atoms. The van der Waals surface area contributed by atoms with E-state index in [4.69, 9.17) is 4.74 Å². The molecule has 3 rings (SSSR count). The van der Waals surface area contributed by atoms with Gasteiger partial charge in [0.2, 0.25) is 5.91 Å². The third-order valence-electron chi connectivity index (χ3n) is 6.14. The molecule has 2 atom stereocenters. The molecule has 6 heteroatoms. The summed E-state index contributed by atoms with van der Waals surface area (Å²) in [5, 5.41) is 12.5. The highest BCUT2D eigenvalue weighted by Gasteiger charge is 2.43. The van der Waals surface area contributed by atoms with Crippen molar-refractivity contribution in [3.63, 3.8) is 0 Å². The number of aliphatic carboxylic acids is 1. The van der Waals surface area contributed by atoms with E-state index in [-0.39, 0.29) is 16.9 Å².